The predicted molar refractivity (Wildman–Crippen MR) is 103 cm³/mol. The van der Waals surface area contributed by atoms with Crippen LogP contribution in [0, 0.1) is 11.3 Å². The first-order valence-electron chi connectivity index (χ1n) is 8.44. The van der Waals surface area contributed by atoms with Crippen LogP contribution in [0.2, 0.25) is 0 Å². The molecule has 8 heteroatoms. The molecule has 0 aromatic carbocycles. The van der Waals surface area contributed by atoms with Crippen LogP contribution < -0.4 is 10.9 Å². The number of aromatic nitrogens is 2. The van der Waals surface area contributed by atoms with Crippen molar-refractivity contribution in [2.45, 2.75) is 38.6 Å². The van der Waals surface area contributed by atoms with E-state index in [0.29, 0.717) is 20.8 Å². The lowest BCUT2D eigenvalue weighted by Crippen LogP contribution is -2.23. The number of hydrogen-bond acceptors (Lipinski definition) is 6. The quantitative estimate of drug-likeness (QED) is 0.747. The molecule has 1 amide bonds. The van der Waals surface area contributed by atoms with Crippen LogP contribution in [0.1, 0.15) is 35.3 Å². The molecular formula is C18H16N4O2S2. The van der Waals surface area contributed by atoms with Gasteiger partial charge < -0.3 is 5.32 Å². The summed E-state index contributed by atoms with van der Waals surface area (Å²) in [5, 5.41) is 14.8. The Hall–Kier alpha value is -2.50. The molecular weight excluding hydrogens is 368 g/mol. The molecule has 0 bridgehead atoms. The third kappa shape index (κ3) is 3.04. The monoisotopic (exact) mass is 384 g/mol. The van der Waals surface area contributed by atoms with Crippen LogP contribution in [-0.4, -0.2) is 15.5 Å². The number of thiophene rings is 2. The summed E-state index contributed by atoms with van der Waals surface area (Å²) in [5.74, 6) is -0.196. The molecule has 26 heavy (non-hydrogen) atoms. The Bertz CT molecular complexity index is 1090. The second-order valence-electron chi connectivity index (χ2n) is 6.20. The van der Waals surface area contributed by atoms with Crippen molar-refractivity contribution in [1.29, 1.82) is 5.26 Å². The van der Waals surface area contributed by atoms with Crippen molar-refractivity contribution in [3.63, 3.8) is 0 Å². The average molecular weight is 384 g/mol. The minimum absolute atomic E-state index is 0.123. The number of nitriles is 1. The van der Waals surface area contributed by atoms with Gasteiger partial charge in [0.05, 0.1) is 17.4 Å². The van der Waals surface area contributed by atoms with Crippen molar-refractivity contribution in [3.8, 4) is 6.07 Å². The summed E-state index contributed by atoms with van der Waals surface area (Å²) in [4.78, 5) is 30.1. The molecule has 0 atom stereocenters. The van der Waals surface area contributed by atoms with E-state index in [0.717, 1.165) is 31.2 Å². The fourth-order valence-electron chi connectivity index (χ4n) is 3.22. The number of aryl methyl sites for hydroxylation is 2. The molecule has 6 nitrogen and oxygen atoms in total. The number of nitrogens with one attached hydrogen (secondary N) is 1. The Morgan fingerprint density at radius 2 is 2.23 bits per heavy atom. The van der Waals surface area contributed by atoms with E-state index in [9.17, 15) is 14.9 Å². The first-order chi connectivity index (χ1) is 12.7. The highest BCUT2D eigenvalue weighted by atomic mass is 32.1. The number of hydrogen-bond donors (Lipinski definition) is 1. The third-order valence-electron chi connectivity index (χ3n) is 4.55. The maximum absolute atomic E-state index is 12.4. The van der Waals surface area contributed by atoms with Gasteiger partial charge in [-0.25, -0.2) is 4.98 Å². The molecule has 0 saturated heterocycles. The minimum Gasteiger partial charge on any atom is -0.317 e. The van der Waals surface area contributed by atoms with Crippen molar-refractivity contribution < 1.29 is 4.79 Å². The van der Waals surface area contributed by atoms with Gasteiger partial charge in [-0.3, -0.25) is 14.2 Å². The fraction of sp³-hybridized carbons (Fsp3) is 0.333. The van der Waals surface area contributed by atoms with E-state index in [4.69, 9.17) is 0 Å². The lowest BCUT2D eigenvalue weighted by atomic mass is 9.96. The van der Waals surface area contributed by atoms with E-state index in [1.54, 1.807) is 6.07 Å². The second-order valence-corrected chi connectivity index (χ2v) is 8.22. The zero-order valence-corrected chi connectivity index (χ0v) is 15.6. The summed E-state index contributed by atoms with van der Waals surface area (Å²) in [6, 6.07) is 4.05. The Morgan fingerprint density at radius 1 is 1.38 bits per heavy atom. The van der Waals surface area contributed by atoms with Crippen LogP contribution in [0.15, 0.2) is 22.6 Å². The number of rotatable bonds is 4. The van der Waals surface area contributed by atoms with Gasteiger partial charge in [0, 0.05) is 17.8 Å². The van der Waals surface area contributed by atoms with Gasteiger partial charge in [-0.1, -0.05) is 0 Å². The first kappa shape index (κ1) is 16.9. The normalized spacial score (nSPS) is 13.3. The molecule has 0 fully saturated rings. The van der Waals surface area contributed by atoms with E-state index in [-0.39, 0.29) is 24.4 Å². The molecule has 3 aromatic rings. The smallest absolute Gasteiger partial charge is 0.271 e. The van der Waals surface area contributed by atoms with Gasteiger partial charge in [0.1, 0.15) is 15.8 Å². The van der Waals surface area contributed by atoms with E-state index in [1.807, 2.05) is 5.38 Å². The van der Waals surface area contributed by atoms with Crippen LogP contribution in [0.25, 0.3) is 10.2 Å². The van der Waals surface area contributed by atoms with Crippen molar-refractivity contribution in [1.82, 2.24) is 9.55 Å². The molecule has 132 valence electrons. The summed E-state index contributed by atoms with van der Waals surface area (Å²) in [6.07, 6.45) is 5.75. The largest absolute Gasteiger partial charge is 0.317 e. The van der Waals surface area contributed by atoms with Gasteiger partial charge in [-0.2, -0.15) is 5.26 Å². The van der Waals surface area contributed by atoms with E-state index in [2.05, 4.69) is 16.4 Å². The molecule has 1 N–H and O–H groups in total. The lowest BCUT2D eigenvalue weighted by Gasteiger charge is -2.09. The minimum atomic E-state index is -0.196. The number of amides is 1. The number of fused-ring (bicyclic) bond motifs is 2. The van der Waals surface area contributed by atoms with Gasteiger partial charge >= 0.3 is 0 Å². The first-order valence-corrected chi connectivity index (χ1v) is 10.1. The van der Waals surface area contributed by atoms with Gasteiger partial charge in [-0.05, 0) is 42.7 Å². The van der Waals surface area contributed by atoms with Crippen LogP contribution in [0.3, 0.4) is 0 Å². The van der Waals surface area contributed by atoms with Crippen LogP contribution >= 0.6 is 22.7 Å². The highest BCUT2D eigenvalue weighted by molar-refractivity contribution is 7.17. The molecule has 1 aliphatic carbocycles. The Labute approximate surface area is 157 Å². The zero-order chi connectivity index (χ0) is 18.1. The number of carbonyl (C=O) groups excluding carboxylic acids is 1. The van der Waals surface area contributed by atoms with E-state index < -0.39 is 0 Å². The number of anilines is 1. The maximum atomic E-state index is 12.4. The zero-order valence-electron chi connectivity index (χ0n) is 13.9. The molecule has 3 aromatic heterocycles. The van der Waals surface area contributed by atoms with Crippen molar-refractivity contribution in [2.24, 2.45) is 0 Å². The third-order valence-corrected chi connectivity index (χ3v) is 6.65. The molecule has 0 saturated carbocycles. The van der Waals surface area contributed by atoms with Crippen LogP contribution in [-0.2, 0) is 24.2 Å². The summed E-state index contributed by atoms with van der Waals surface area (Å²) < 4.78 is 2.06. The highest BCUT2D eigenvalue weighted by Gasteiger charge is 2.21. The number of nitrogens with zero attached hydrogens (tertiary/aromatic N) is 3. The van der Waals surface area contributed by atoms with Crippen molar-refractivity contribution >= 4 is 43.8 Å². The highest BCUT2D eigenvalue weighted by Crippen LogP contribution is 2.37. The summed E-state index contributed by atoms with van der Waals surface area (Å²) >= 11 is 2.86. The molecule has 1 aliphatic rings. The summed E-state index contributed by atoms with van der Waals surface area (Å²) in [5.41, 5.74) is 2.27. The Kier molecular flexibility index (Phi) is 4.57. The predicted octanol–water partition coefficient (Wildman–Crippen LogP) is 3.30. The Morgan fingerprint density at radius 3 is 3.08 bits per heavy atom. The van der Waals surface area contributed by atoms with Crippen molar-refractivity contribution in [2.75, 3.05) is 5.32 Å². The molecule has 0 aliphatic heterocycles. The average Bonchev–Trinajstić information content (AvgIpc) is 3.25. The number of carbonyl (C=O) groups is 1. The molecule has 0 unspecified atom stereocenters. The molecule has 0 radical (unpaired) electrons. The van der Waals surface area contributed by atoms with Gasteiger partial charge in [0.2, 0.25) is 5.91 Å². The van der Waals surface area contributed by atoms with Crippen LogP contribution in [0.4, 0.5) is 5.00 Å². The molecule has 4 rings (SSSR count). The van der Waals surface area contributed by atoms with E-state index >= 15 is 0 Å². The summed E-state index contributed by atoms with van der Waals surface area (Å²) in [6.45, 7) is 0.262. The molecule has 3 heterocycles. The fourth-order valence-corrected chi connectivity index (χ4v) is 5.27. The maximum Gasteiger partial charge on any atom is 0.271 e. The van der Waals surface area contributed by atoms with Crippen molar-refractivity contribution in [3.05, 3.63) is 44.1 Å². The van der Waals surface area contributed by atoms with Gasteiger partial charge in [0.25, 0.3) is 5.56 Å². The Balaban J connectivity index is 1.47. The van der Waals surface area contributed by atoms with Gasteiger partial charge in [0.15, 0.2) is 0 Å². The lowest BCUT2D eigenvalue weighted by molar-refractivity contribution is -0.116. The van der Waals surface area contributed by atoms with Crippen LogP contribution in [0.5, 0.6) is 0 Å². The second kappa shape index (κ2) is 7.02. The topological polar surface area (TPSA) is 87.8 Å². The van der Waals surface area contributed by atoms with Gasteiger partial charge in [-0.15, -0.1) is 22.7 Å². The molecule has 0 spiro atoms. The van der Waals surface area contributed by atoms with E-state index in [1.165, 1.54) is 38.4 Å². The SMILES string of the molecule is N#Cc1c(NC(=O)CCn2cnc3ccsc3c2=O)sc2c1CCCC2. The standard InChI is InChI=1S/C18H16N4O2S2/c19-9-12-11-3-1-2-4-14(11)26-17(12)21-15(23)5-7-22-10-20-13-6-8-25-16(13)18(22)24/h6,8,10H,1-5,7H2,(H,21,23). The summed E-state index contributed by atoms with van der Waals surface area (Å²) in [7, 11) is 0.